The summed E-state index contributed by atoms with van der Waals surface area (Å²) in [5.74, 6) is 2.02. The van der Waals surface area contributed by atoms with E-state index in [2.05, 4.69) is 20.9 Å². The van der Waals surface area contributed by atoms with E-state index >= 15 is 0 Å². The van der Waals surface area contributed by atoms with Gasteiger partial charge in [-0.25, -0.2) is 0 Å². The van der Waals surface area contributed by atoms with Gasteiger partial charge in [0.1, 0.15) is 6.10 Å². The third-order valence-electron chi connectivity index (χ3n) is 3.77. The Kier molecular flexibility index (Phi) is 8.75. The molecular weight excluding hydrogens is 332 g/mol. The fourth-order valence-electron chi connectivity index (χ4n) is 2.24. The van der Waals surface area contributed by atoms with Crippen LogP contribution in [-0.4, -0.2) is 51.8 Å². The van der Waals surface area contributed by atoms with Crippen molar-refractivity contribution in [1.82, 2.24) is 16.0 Å². The number of amides is 1. The number of aliphatic imine (C=N–C) groups is 1. The summed E-state index contributed by atoms with van der Waals surface area (Å²) in [6, 6.07) is 7.55. The van der Waals surface area contributed by atoms with Crippen molar-refractivity contribution in [1.29, 1.82) is 0 Å². The maximum Gasteiger partial charge on any atom is 0.227 e. The molecule has 146 valence electrons. The summed E-state index contributed by atoms with van der Waals surface area (Å²) in [6.45, 7) is 9.37. The third-order valence-corrected chi connectivity index (χ3v) is 3.77. The Morgan fingerprint density at radius 2 is 1.88 bits per heavy atom. The molecule has 0 saturated heterocycles. The number of methoxy groups -OCH3 is 1. The Morgan fingerprint density at radius 3 is 2.46 bits per heavy atom. The predicted molar refractivity (Wildman–Crippen MR) is 105 cm³/mol. The Balaban J connectivity index is 2.64. The van der Waals surface area contributed by atoms with Gasteiger partial charge >= 0.3 is 0 Å². The molecule has 0 saturated carbocycles. The van der Waals surface area contributed by atoms with Gasteiger partial charge < -0.3 is 25.4 Å². The van der Waals surface area contributed by atoms with Crippen LogP contribution in [0.25, 0.3) is 0 Å². The molecule has 1 aromatic rings. The normalized spacial score (nSPS) is 12.9. The topological polar surface area (TPSA) is 84.0 Å². The number of ether oxygens (including phenoxy) is 2. The van der Waals surface area contributed by atoms with E-state index in [0.29, 0.717) is 30.5 Å². The first-order chi connectivity index (χ1) is 12.3. The first-order valence-electron chi connectivity index (χ1n) is 8.88. The summed E-state index contributed by atoms with van der Waals surface area (Å²) in [5.41, 5.74) is -0.573. The molecule has 0 aliphatic carbocycles. The highest BCUT2D eigenvalue weighted by atomic mass is 16.5. The van der Waals surface area contributed by atoms with Gasteiger partial charge in [0.25, 0.3) is 0 Å². The molecule has 26 heavy (non-hydrogen) atoms. The zero-order valence-electron chi connectivity index (χ0n) is 16.7. The summed E-state index contributed by atoms with van der Waals surface area (Å²) < 4.78 is 11.2. The minimum atomic E-state index is -0.573. The standard InChI is InChI=1S/C19H32N4O3/c1-7-21-18(23-13-19(3,4)17(24)20-5)22-12-14(2)26-16-11-9-8-10-15(16)25-6/h8-11,14H,7,12-13H2,1-6H3,(H,20,24)(H2,21,22,23). The van der Waals surface area contributed by atoms with Gasteiger partial charge in [-0.05, 0) is 39.8 Å². The molecule has 1 atom stereocenters. The van der Waals surface area contributed by atoms with Crippen LogP contribution in [0.5, 0.6) is 11.5 Å². The second kappa shape index (κ2) is 10.5. The lowest BCUT2D eigenvalue weighted by Crippen LogP contribution is -2.43. The summed E-state index contributed by atoms with van der Waals surface area (Å²) in [4.78, 5) is 16.4. The number of nitrogens with zero attached hydrogens (tertiary/aromatic N) is 1. The molecule has 7 heteroatoms. The van der Waals surface area contributed by atoms with Crippen molar-refractivity contribution in [3.8, 4) is 11.5 Å². The van der Waals surface area contributed by atoms with Gasteiger partial charge in [0.05, 0.1) is 25.6 Å². The van der Waals surface area contributed by atoms with Gasteiger partial charge in [0.2, 0.25) is 5.91 Å². The van der Waals surface area contributed by atoms with Crippen LogP contribution in [0.4, 0.5) is 0 Å². The van der Waals surface area contributed by atoms with E-state index in [0.717, 1.165) is 6.54 Å². The van der Waals surface area contributed by atoms with Crippen LogP contribution < -0.4 is 25.4 Å². The molecule has 0 aliphatic heterocycles. The smallest absolute Gasteiger partial charge is 0.227 e. The number of rotatable bonds is 9. The van der Waals surface area contributed by atoms with Crippen molar-refractivity contribution in [2.24, 2.45) is 10.4 Å². The average molecular weight is 364 g/mol. The Bertz CT molecular complexity index is 602. The molecule has 1 rings (SSSR count). The highest BCUT2D eigenvalue weighted by Gasteiger charge is 2.26. The zero-order valence-corrected chi connectivity index (χ0v) is 16.7. The van der Waals surface area contributed by atoms with Crippen molar-refractivity contribution < 1.29 is 14.3 Å². The summed E-state index contributed by atoms with van der Waals surface area (Å²) in [7, 11) is 3.25. The summed E-state index contributed by atoms with van der Waals surface area (Å²) in [6.07, 6.45) is -0.0953. The fourth-order valence-corrected chi connectivity index (χ4v) is 2.24. The van der Waals surface area contributed by atoms with Crippen LogP contribution in [0.15, 0.2) is 29.3 Å². The monoisotopic (exact) mass is 364 g/mol. The number of hydrogen-bond acceptors (Lipinski definition) is 4. The number of carbonyl (C=O) groups is 1. The SMILES string of the molecule is CCNC(=NCC(C)(C)C(=O)NC)NCC(C)Oc1ccccc1OC. The second-order valence-electron chi connectivity index (χ2n) is 6.62. The van der Waals surface area contributed by atoms with Gasteiger partial charge in [-0.2, -0.15) is 0 Å². The molecule has 0 radical (unpaired) electrons. The van der Waals surface area contributed by atoms with Crippen LogP contribution in [0.2, 0.25) is 0 Å². The van der Waals surface area contributed by atoms with Crippen LogP contribution in [0.3, 0.4) is 0 Å². The molecule has 0 aliphatic rings. The largest absolute Gasteiger partial charge is 0.493 e. The summed E-state index contributed by atoms with van der Waals surface area (Å²) >= 11 is 0. The second-order valence-corrected chi connectivity index (χ2v) is 6.62. The van der Waals surface area contributed by atoms with Crippen molar-refractivity contribution >= 4 is 11.9 Å². The van der Waals surface area contributed by atoms with Crippen molar-refractivity contribution in [3.63, 3.8) is 0 Å². The number of nitrogens with one attached hydrogen (secondary N) is 3. The van der Waals surface area contributed by atoms with Gasteiger partial charge in [-0.1, -0.05) is 12.1 Å². The molecule has 0 bridgehead atoms. The lowest BCUT2D eigenvalue weighted by molar-refractivity contribution is -0.128. The number of guanidine groups is 1. The van der Waals surface area contributed by atoms with E-state index < -0.39 is 5.41 Å². The van der Waals surface area contributed by atoms with Crippen molar-refractivity contribution in [2.45, 2.75) is 33.8 Å². The van der Waals surface area contributed by atoms with E-state index in [4.69, 9.17) is 9.47 Å². The minimum Gasteiger partial charge on any atom is -0.493 e. The molecule has 1 aromatic carbocycles. The van der Waals surface area contributed by atoms with Crippen molar-refractivity contribution in [3.05, 3.63) is 24.3 Å². The van der Waals surface area contributed by atoms with Gasteiger partial charge in [0.15, 0.2) is 17.5 Å². The molecule has 1 unspecified atom stereocenters. The summed E-state index contributed by atoms with van der Waals surface area (Å²) in [5, 5.41) is 9.10. The quantitative estimate of drug-likeness (QED) is 0.460. The Hall–Kier alpha value is -2.44. The molecule has 0 fully saturated rings. The molecule has 0 spiro atoms. The van der Waals surface area contributed by atoms with E-state index in [9.17, 15) is 4.79 Å². The molecule has 7 nitrogen and oxygen atoms in total. The highest BCUT2D eigenvalue weighted by molar-refractivity contribution is 5.83. The van der Waals surface area contributed by atoms with Gasteiger partial charge in [0, 0.05) is 13.6 Å². The number of benzene rings is 1. The van der Waals surface area contributed by atoms with Crippen molar-refractivity contribution in [2.75, 3.05) is 33.8 Å². The van der Waals surface area contributed by atoms with Crippen LogP contribution in [0.1, 0.15) is 27.7 Å². The van der Waals surface area contributed by atoms with Crippen LogP contribution >= 0.6 is 0 Å². The fraction of sp³-hybridized carbons (Fsp3) is 0.579. The third kappa shape index (κ3) is 6.82. The molecule has 1 amide bonds. The maximum absolute atomic E-state index is 11.9. The molecule has 0 aromatic heterocycles. The predicted octanol–water partition coefficient (Wildman–Crippen LogP) is 1.79. The number of para-hydroxylation sites is 2. The Morgan fingerprint density at radius 1 is 1.23 bits per heavy atom. The van der Waals surface area contributed by atoms with Gasteiger partial charge in [-0.15, -0.1) is 0 Å². The highest BCUT2D eigenvalue weighted by Crippen LogP contribution is 2.26. The van der Waals surface area contributed by atoms with Crippen LogP contribution in [0, 0.1) is 5.41 Å². The Labute approximate surface area is 156 Å². The minimum absolute atomic E-state index is 0.0371. The van der Waals surface area contributed by atoms with Gasteiger partial charge in [-0.3, -0.25) is 9.79 Å². The van der Waals surface area contributed by atoms with E-state index in [1.807, 2.05) is 52.0 Å². The molecule has 0 heterocycles. The lowest BCUT2D eigenvalue weighted by atomic mass is 9.93. The number of hydrogen-bond donors (Lipinski definition) is 3. The maximum atomic E-state index is 11.9. The molecular formula is C19H32N4O3. The van der Waals surface area contributed by atoms with Crippen LogP contribution in [-0.2, 0) is 4.79 Å². The zero-order chi connectivity index (χ0) is 19.6. The number of carbonyl (C=O) groups excluding carboxylic acids is 1. The molecule has 3 N–H and O–H groups in total. The lowest BCUT2D eigenvalue weighted by Gasteiger charge is -2.22. The van der Waals surface area contributed by atoms with E-state index in [1.165, 1.54) is 0 Å². The van der Waals surface area contributed by atoms with E-state index in [-0.39, 0.29) is 12.0 Å². The first-order valence-corrected chi connectivity index (χ1v) is 8.88. The van der Waals surface area contributed by atoms with E-state index in [1.54, 1.807) is 14.2 Å². The first kappa shape index (κ1) is 21.6. The average Bonchev–Trinajstić information content (AvgIpc) is 2.63.